The molecule has 0 bridgehead atoms. The number of fused-ring (bicyclic) bond motifs is 1. The van der Waals surface area contributed by atoms with Crippen LogP contribution in [-0.2, 0) is 6.54 Å². The van der Waals surface area contributed by atoms with Crippen molar-refractivity contribution in [2.75, 3.05) is 0 Å². The number of aryl methyl sites for hydroxylation is 1. The lowest BCUT2D eigenvalue weighted by Gasteiger charge is -2.08. The summed E-state index contributed by atoms with van der Waals surface area (Å²) in [6.07, 6.45) is -0.315. The Balaban J connectivity index is 1.84. The van der Waals surface area contributed by atoms with Crippen LogP contribution >= 0.6 is 0 Å². The van der Waals surface area contributed by atoms with Crippen molar-refractivity contribution in [3.63, 3.8) is 0 Å². The van der Waals surface area contributed by atoms with E-state index in [-0.39, 0.29) is 18.5 Å². The molecule has 0 aliphatic heterocycles. The van der Waals surface area contributed by atoms with Crippen LogP contribution in [0.1, 0.15) is 23.2 Å². The fraction of sp³-hybridized carbons (Fsp3) is 0.235. The maximum Gasteiger partial charge on any atom is 0.389 e. The molecule has 0 radical (unpaired) electrons. The van der Waals surface area contributed by atoms with Gasteiger partial charge in [0.25, 0.3) is 0 Å². The highest BCUT2D eigenvalue weighted by Gasteiger charge is 2.26. The van der Waals surface area contributed by atoms with E-state index in [0.717, 1.165) is 10.9 Å². The number of hydrogen-bond acceptors (Lipinski definition) is 3. The molecule has 3 heterocycles. The topological polar surface area (TPSA) is 68.0 Å². The fourth-order valence-corrected chi connectivity index (χ4v) is 2.58. The van der Waals surface area contributed by atoms with Gasteiger partial charge in [-0.15, -0.1) is 0 Å². The molecule has 0 unspecified atom stereocenters. The van der Waals surface area contributed by atoms with E-state index in [9.17, 15) is 18.0 Å². The van der Waals surface area contributed by atoms with Gasteiger partial charge in [-0.1, -0.05) is 0 Å². The van der Waals surface area contributed by atoms with Crippen molar-refractivity contribution in [3.05, 3.63) is 48.4 Å². The number of hydrogen-bond donors (Lipinski definition) is 1. The van der Waals surface area contributed by atoms with Crippen LogP contribution in [0.4, 0.5) is 13.2 Å². The number of carboxylic acid groups (broad SMARTS) is 1. The molecule has 0 saturated carbocycles. The maximum absolute atomic E-state index is 12.3. The maximum atomic E-state index is 12.3. The molecule has 1 N–H and O–H groups in total. The van der Waals surface area contributed by atoms with Gasteiger partial charge >= 0.3 is 12.1 Å². The van der Waals surface area contributed by atoms with Gasteiger partial charge in [-0.25, -0.2) is 4.79 Å². The lowest BCUT2D eigenvalue weighted by atomic mass is 10.1. The van der Waals surface area contributed by atoms with Gasteiger partial charge in [0.1, 0.15) is 0 Å². The summed E-state index contributed by atoms with van der Waals surface area (Å²) in [6.45, 7) is 0.247. The third-order valence-corrected chi connectivity index (χ3v) is 3.79. The lowest BCUT2D eigenvalue weighted by Crippen LogP contribution is -2.08. The Kier molecular flexibility index (Phi) is 4.43. The third-order valence-electron chi connectivity index (χ3n) is 3.79. The van der Waals surface area contributed by atoms with Gasteiger partial charge in [-0.2, -0.15) is 13.2 Å². The number of carboxylic acids is 1. The average Bonchev–Trinajstić information content (AvgIpc) is 2.96. The summed E-state index contributed by atoms with van der Waals surface area (Å²) in [5.74, 6) is -1.06. The first kappa shape index (κ1) is 16.9. The van der Waals surface area contributed by atoms with Gasteiger partial charge in [0.2, 0.25) is 0 Å². The predicted molar refractivity (Wildman–Crippen MR) is 85.2 cm³/mol. The second-order valence-electron chi connectivity index (χ2n) is 5.59. The van der Waals surface area contributed by atoms with Gasteiger partial charge in [0.05, 0.1) is 28.7 Å². The standard InChI is InChI=1S/C17H14F3N3O2/c18-17(19,20)4-1-6-23-7-3-11-8-14(22-10-15(11)23)13-9-12(16(24)25)2-5-21-13/h2-3,5,7-10H,1,4,6H2,(H,24,25). The number of alkyl halides is 3. The summed E-state index contributed by atoms with van der Waals surface area (Å²) in [5, 5.41) is 9.84. The van der Waals surface area contributed by atoms with Crippen LogP contribution in [0.25, 0.3) is 22.3 Å². The Morgan fingerprint density at radius 2 is 1.92 bits per heavy atom. The van der Waals surface area contributed by atoms with Gasteiger partial charge in [0, 0.05) is 30.7 Å². The molecule has 0 amide bonds. The monoisotopic (exact) mass is 349 g/mol. The molecule has 8 heteroatoms. The van der Waals surface area contributed by atoms with Crippen LogP contribution in [0, 0.1) is 0 Å². The summed E-state index contributed by atoms with van der Waals surface area (Å²) in [7, 11) is 0. The third kappa shape index (κ3) is 3.96. The second-order valence-corrected chi connectivity index (χ2v) is 5.59. The minimum Gasteiger partial charge on any atom is -0.478 e. The summed E-state index contributed by atoms with van der Waals surface area (Å²) >= 11 is 0. The minimum atomic E-state index is -4.16. The van der Waals surface area contributed by atoms with E-state index < -0.39 is 18.6 Å². The summed E-state index contributed by atoms with van der Waals surface area (Å²) in [5.41, 5.74) is 1.76. The first-order chi connectivity index (χ1) is 11.8. The predicted octanol–water partition coefficient (Wildman–Crippen LogP) is 4.14. The molecule has 0 aliphatic carbocycles. The highest BCUT2D eigenvalue weighted by molar-refractivity contribution is 5.89. The molecule has 0 aromatic carbocycles. The Morgan fingerprint density at radius 3 is 2.64 bits per heavy atom. The van der Waals surface area contributed by atoms with Gasteiger partial charge < -0.3 is 9.67 Å². The molecular formula is C17H14F3N3O2. The molecule has 0 spiro atoms. The van der Waals surface area contributed by atoms with Crippen LogP contribution in [0.15, 0.2) is 42.9 Å². The van der Waals surface area contributed by atoms with E-state index in [0.29, 0.717) is 11.4 Å². The van der Waals surface area contributed by atoms with Crippen molar-refractivity contribution in [2.24, 2.45) is 0 Å². The van der Waals surface area contributed by atoms with Crippen LogP contribution in [0.2, 0.25) is 0 Å². The van der Waals surface area contributed by atoms with Crippen LogP contribution in [-0.4, -0.2) is 31.8 Å². The normalized spacial score (nSPS) is 11.8. The van der Waals surface area contributed by atoms with Crippen molar-refractivity contribution in [2.45, 2.75) is 25.6 Å². The van der Waals surface area contributed by atoms with Crippen molar-refractivity contribution >= 4 is 16.9 Å². The first-order valence-corrected chi connectivity index (χ1v) is 7.55. The number of nitrogens with zero attached hydrogens (tertiary/aromatic N) is 3. The SMILES string of the molecule is O=C(O)c1ccnc(-c2cc3ccn(CCCC(F)(F)F)c3cn2)c1. The second kappa shape index (κ2) is 6.54. The number of halogens is 3. The quantitative estimate of drug-likeness (QED) is 0.752. The molecule has 25 heavy (non-hydrogen) atoms. The zero-order valence-electron chi connectivity index (χ0n) is 13.0. The van der Waals surface area contributed by atoms with E-state index in [1.54, 1.807) is 29.1 Å². The zero-order valence-corrected chi connectivity index (χ0v) is 13.0. The number of pyridine rings is 2. The van der Waals surface area contributed by atoms with E-state index in [2.05, 4.69) is 9.97 Å². The van der Waals surface area contributed by atoms with Crippen molar-refractivity contribution < 1.29 is 23.1 Å². The molecular weight excluding hydrogens is 335 g/mol. The number of rotatable bonds is 5. The Labute approximate surface area is 140 Å². The summed E-state index contributed by atoms with van der Waals surface area (Å²) in [4.78, 5) is 19.4. The molecule has 0 saturated heterocycles. The molecule has 130 valence electrons. The van der Waals surface area contributed by atoms with Crippen molar-refractivity contribution in [1.82, 2.24) is 14.5 Å². The van der Waals surface area contributed by atoms with E-state index >= 15 is 0 Å². The van der Waals surface area contributed by atoms with Crippen molar-refractivity contribution in [1.29, 1.82) is 0 Å². The van der Waals surface area contributed by atoms with Gasteiger partial charge in [-0.3, -0.25) is 9.97 Å². The first-order valence-electron chi connectivity index (χ1n) is 7.55. The average molecular weight is 349 g/mol. The summed E-state index contributed by atoms with van der Waals surface area (Å²) < 4.78 is 38.5. The molecule has 0 fully saturated rings. The molecule has 3 aromatic heterocycles. The van der Waals surface area contributed by atoms with Gasteiger partial charge in [0.15, 0.2) is 0 Å². The smallest absolute Gasteiger partial charge is 0.389 e. The van der Waals surface area contributed by atoms with Gasteiger partial charge in [-0.05, 0) is 30.7 Å². The lowest BCUT2D eigenvalue weighted by molar-refractivity contribution is -0.135. The highest BCUT2D eigenvalue weighted by atomic mass is 19.4. The molecule has 0 atom stereocenters. The molecule has 5 nitrogen and oxygen atoms in total. The number of carbonyl (C=O) groups is 1. The fourth-order valence-electron chi connectivity index (χ4n) is 2.58. The Morgan fingerprint density at radius 1 is 1.16 bits per heavy atom. The highest BCUT2D eigenvalue weighted by Crippen LogP contribution is 2.25. The van der Waals surface area contributed by atoms with E-state index in [4.69, 9.17) is 5.11 Å². The Hall–Kier alpha value is -2.90. The molecule has 3 rings (SSSR count). The number of aromatic nitrogens is 3. The van der Waals surface area contributed by atoms with Crippen LogP contribution in [0.5, 0.6) is 0 Å². The minimum absolute atomic E-state index is 0.00273. The summed E-state index contributed by atoms with van der Waals surface area (Å²) in [6, 6.07) is 6.34. The van der Waals surface area contributed by atoms with Crippen LogP contribution in [0.3, 0.4) is 0 Å². The zero-order chi connectivity index (χ0) is 18.0. The van der Waals surface area contributed by atoms with E-state index in [1.807, 2.05) is 0 Å². The number of aromatic carboxylic acids is 1. The molecule has 3 aromatic rings. The van der Waals surface area contributed by atoms with Crippen LogP contribution < -0.4 is 0 Å². The van der Waals surface area contributed by atoms with Crippen molar-refractivity contribution in [3.8, 4) is 11.4 Å². The van der Waals surface area contributed by atoms with E-state index in [1.165, 1.54) is 18.3 Å². The molecule has 0 aliphatic rings. The Bertz CT molecular complexity index is 919. The largest absolute Gasteiger partial charge is 0.478 e.